The number of rotatable bonds is 9. The minimum absolute atomic E-state index is 0.0955. The molecule has 0 spiro atoms. The number of carboxylic acids is 1. The van der Waals surface area contributed by atoms with Crippen LogP contribution in [0.3, 0.4) is 0 Å². The number of hydrogen-bond donors (Lipinski definition) is 4. The van der Waals surface area contributed by atoms with Crippen LogP contribution in [0.4, 0.5) is 17.4 Å². The first-order chi connectivity index (χ1) is 21.3. The van der Waals surface area contributed by atoms with E-state index in [1.165, 1.54) is 4.90 Å². The molecule has 6 rings (SSSR count). The summed E-state index contributed by atoms with van der Waals surface area (Å²) in [5.74, 6) is -1.97. The van der Waals surface area contributed by atoms with Crippen LogP contribution < -0.4 is 20.9 Å². The normalized spacial score (nSPS) is 19.4. The van der Waals surface area contributed by atoms with E-state index in [-0.39, 0.29) is 37.4 Å². The first-order valence-corrected chi connectivity index (χ1v) is 14.1. The highest BCUT2D eigenvalue weighted by atomic mass is 16.7. The summed E-state index contributed by atoms with van der Waals surface area (Å²) in [5.41, 5.74) is 6.93. The molecule has 12 heteroatoms. The predicted octanol–water partition coefficient (Wildman–Crippen LogP) is 4.20. The number of hydrogen-bond acceptors (Lipinski definition) is 9. The van der Waals surface area contributed by atoms with Crippen LogP contribution in [0.25, 0.3) is 11.1 Å². The van der Waals surface area contributed by atoms with Crippen molar-refractivity contribution in [1.82, 2.24) is 15.4 Å². The second-order valence-corrected chi connectivity index (χ2v) is 10.8. The number of aromatic nitrogens is 1. The fourth-order valence-corrected chi connectivity index (χ4v) is 5.50. The summed E-state index contributed by atoms with van der Waals surface area (Å²) in [6, 6.07) is 20.2. The van der Waals surface area contributed by atoms with Gasteiger partial charge in [-0.3, -0.25) is 24.7 Å². The van der Waals surface area contributed by atoms with Gasteiger partial charge in [-0.05, 0) is 60.5 Å². The van der Waals surface area contributed by atoms with Crippen LogP contribution in [0.2, 0.25) is 0 Å². The molecule has 4 N–H and O–H groups in total. The average molecular weight is 598 g/mol. The van der Waals surface area contributed by atoms with E-state index in [2.05, 4.69) is 21.1 Å². The number of methoxy groups -OCH3 is 1. The number of nitrogens with one attached hydrogen (secondary N) is 3. The van der Waals surface area contributed by atoms with Crippen molar-refractivity contribution < 1.29 is 33.5 Å². The van der Waals surface area contributed by atoms with Crippen molar-refractivity contribution in [2.75, 3.05) is 30.8 Å². The van der Waals surface area contributed by atoms with E-state index in [1.807, 2.05) is 30.3 Å². The molecule has 3 aromatic carbocycles. The van der Waals surface area contributed by atoms with Crippen molar-refractivity contribution in [3.63, 3.8) is 0 Å². The molecule has 3 unspecified atom stereocenters. The Balaban J connectivity index is 1.08. The Bertz CT molecular complexity index is 1750. The summed E-state index contributed by atoms with van der Waals surface area (Å²) in [5, 5.41) is 15.9. The predicted molar refractivity (Wildman–Crippen MR) is 161 cm³/mol. The average Bonchev–Trinajstić information content (AvgIpc) is 3.75. The van der Waals surface area contributed by atoms with Crippen molar-refractivity contribution in [3.05, 3.63) is 89.6 Å². The molecule has 1 aromatic heterocycles. The molecular weight excluding hydrogens is 566 g/mol. The summed E-state index contributed by atoms with van der Waals surface area (Å²) < 4.78 is 11.2. The maximum atomic E-state index is 12.9. The lowest BCUT2D eigenvalue weighted by atomic mass is 9.89. The van der Waals surface area contributed by atoms with Gasteiger partial charge in [0.25, 0.3) is 11.9 Å². The third kappa shape index (κ3) is 6.06. The number of carbonyl (C=O) groups excluding carboxylic acids is 2. The molecule has 3 atom stereocenters. The van der Waals surface area contributed by atoms with Gasteiger partial charge in [0, 0.05) is 24.7 Å². The summed E-state index contributed by atoms with van der Waals surface area (Å²) in [7, 11) is 1.59. The number of amides is 2. The van der Waals surface area contributed by atoms with Crippen LogP contribution >= 0.6 is 0 Å². The molecule has 0 aliphatic carbocycles. The topological polar surface area (TPSA) is 155 Å². The zero-order chi connectivity index (χ0) is 30.8. The molecule has 0 saturated carbocycles. The van der Waals surface area contributed by atoms with Crippen LogP contribution in [0.5, 0.6) is 5.75 Å². The first kappa shape index (κ1) is 28.7. The van der Waals surface area contributed by atoms with E-state index >= 15 is 0 Å². The Morgan fingerprint density at radius 2 is 1.89 bits per heavy atom. The number of carbonyl (C=O) groups is 3. The largest absolute Gasteiger partial charge is 0.495 e. The standard InChI is InChI=1S/C32H31N5O7/c1-18-13-26(36-44-18)30(39)37-16-22(23(17-37)31(40)41)20-8-10-21(11-9-20)33-29(38)15-19-7-12-25-28(14-19)43-32(35-25)34-24-5-3-4-6-27(24)42-2/h3-14,18,22-23,36H,15-17H2,1-2H3,(H,33,38)(H,34,35)(H,40,41). The van der Waals surface area contributed by atoms with Gasteiger partial charge >= 0.3 is 5.97 Å². The molecule has 4 aromatic rings. The van der Waals surface area contributed by atoms with Crippen molar-refractivity contribution in [3.8, 4) is 5.75 Å². The van der Waals surface area contributed by atoms with Gasteiger partial charge in [-0.2, -0.15) is 4.98 Å². The van der Waals surface area contributed by atoms with Gasteiger partial charge in [-0.25, -0.2) is 0 Å². The van der Waals surface area contributed by atoms with Crippen molar-refractivity contribution in [1.29, 1.82) is 0 Å². The van der Waals surface area contributed by atoms with Gasteiger partial charge in [0.15, 0.2) is 5.58 Å². The van der Waals surface area contributed by atoms with E-state index in [9.17, 15) is 19.5 Å². The molecule has 2 aliphatic heterocycles. The van der Waals surface area contributed by atoms with E-state index < -0.39 is 17.8 Å². The van der Waals surface area contributed by atoms with E-state index in [0.29, 0.717) is 39.9 Å². The van der Waals surface area contributed by atoms with Crippen LogP contribution in [0.15, 0.2) is 82.9 Å². The van der Waals surface area contributed by atoms with Crippen LogP contribution in [-0.2, 0) is 25.6 Å². The number of fused-ring (bicyclic) bond motifs is 1. The molecular formula is C32H31N5O7. The number of oxazole rings is 1. The van der Waals surface area contributed by atoms with E-state index in [0.717, 1.165) is 11.1 Å². The number of para-hydroxylation sites is 2. The third-order valence-corrected chi connectivity index (χ3v) is 7.70. The molecule has 12 nitrogen and oxygen atoms in total. The number of hydroxylamine groups is 1. The van der Waals surface area contributed by atoms with Gasteiger partial charge in [0.2, 0.25) is 5.91 Å². The fourth-order valence-electron chi connectivity index (χ4n) is 5.50. The molecule has 2 aliphatic rings. The number of nitrogens with zero attached hydrogens (tertiary/aromatic N) is 2. The number of anilines is 3. The highest BCUT2D eigenvalue weighted by molar-refractivity contribution is 5.94. The maximum absolute atomic E-state index is 12.9. The highest BCUT2D eigenvalue weighted by Gasteiger charge is 2.41. The number of likely N-dealkylation sites (tertiary alicyclic amines) is 1. The number of ether oxygens (including phenoxy) is 1. The summed E-state index contributed by atoms with van der Waals surface area (Å²) >= 11 is 0. The van der Waals surface area contributed by atoms with Gasteiger partial charge in [0.1, 0.15) is 23.1 Å². The summed E-state index contributed by atoms with van der Waals surface area (Å²) in [6.45, 7) is 2.15. The van der Waals surface area contributed by atoms with Crippen molar-refractivity contribution in [2.45, 2.75) is 25.4 Å². The Hall–Kier alpha value is -5.36. The third-order valence-electron chi connectivity index (χ3n) is 7.70. The van der Waals surface area contributed by atoms with Crippen molar-refractivity contribution >= 4 is 46.3 Å². The molecule has 1 fully saturated rings. The molecule has 0 radical (unpaired) electrons. The maximum Gasteiger partial charge on any atom is 0.308 e. The second-order valence-electron chi connectivity index (χ2n) is 10.8. The Morgan fingerprint density at radius 1 is 1.09 bits per heavy atom. The molecule has 2 amide bonds. The molecule has 3 heterocycles. The minimum atomic E-state index is -0.966. The first-order valence-electron chi connectivity index (χ1n) is 14.1. The summed E-state index contributed by atoms with van der Waals surface area (Å²) in [6.07, 6.45) is 1.54. The second kappa shape index (κ2) is 12.1. The van der Waals surface area contributed by atoms with Gasteiger partial charge in [-0.1, -0.05) is 30.3 Å². The minimum Gasteiger partial charge on any atom is -0.495 e. The zero-order valence-electron chi connectivity index (χ0n) is 24.1. The van der Waals surface area contributed by atoms with Crippen LogP contribution in [0, 0.1) is 5.92 Å². The molecule has 1 saturated heterocycles. The molecule has 0 bridgehead atoms. The highest BCUT2D eigenvalue weighted by Crippen LogP contribution is 2.34. The van der Waals surface area contributed by atoms with Gasteiger partial charge < -0.3 is 29.8 Å². The summed E-state index contributed by atoms with van der Waals surface area (Å²) in [4.78, 5) is 49.0. The lowest BCUT2D eigenvalue weighted by molar-refractivity contribution is -0.141. The number of benzene rings is 3. The zero-order valence-corrected chi connectivity index (χ0v) is 24.1. The van der Waals surface area contributed by atoms with Crippen molar-refractivity contribution in [2.24, 2.45) is 5.92 Å². The van der Waals surface area contributed by atoms with Gasteiger partial charge in [0.05, 0.1) is 25.1 Å². The Labute approximate surface area is 252 Å². The number of carboxylic acid groups (broad SMARTS) is 1. The Morgan fingerprint density at radius 3 is 2.61 bits per heavy atom. The number of aliphatic carboxylic acids is 1. The Kier molecular flexibility index (Phi) is 7.90. The molecule has 226 valence electrons. The fraction of sp³-hybridized carbons (Fsp3) is 0.250. The van der Waals surface area contributed by atoms with E-state index in [1.54, 1.807) is 56.5 Å². The smallest absolute Gasteiger partial charge is 0.308 e. The lowest BCUT2D eigenvalue weighted by Crippen LogP contribution is -2.34. The monoisotopic (exact) mass is 597 g/mol. The SMILES string of the molecule is COc1ccccc1Nc1nc2ccc(CC(=O)Nc3ccc(C4CN(C(=O)C5=CC(C)ON5)CC4C(=O)O)cc3)cc2o1. The van der Waals surface area contributed by atoms with E-state index in [4.69, 9.17) is 14.0 Å². The van der Waals surface area contributed by atoms with Crippen LogP contribution in [0.1, 0.15) is 24.0 Å². The lowest BCUT2D eigenvalue weighted by Gasteiger charge is -2.17. The molecule has 44 heavy (non-hydrogen) atoms. The van der Waals surface area contributed by atoms with Gasteiger partial charge in [-0.15, -0.1) is 0 Å². The quantitative estimate of drug-likeness (QED) is 0.221. The van der Waals surface area contributed by atoms with Crippen LogP contribution in [-0.4, -0.2) is 59.1 Å².